The molecular weight excluding hydrogens is 442 g/mol. The number of imide groups is 1. The molecule has 172 valence electrons. The fraction of sp³-hybridized carbons (Fsp3) is 0.167. The zero-order chi connectivity index (χ0) is 24.6. The molecule has 0 N–H and O–H groups in total. The molecular formula is C24H19N3O7. The van der Waals surface area contributed by atoms with E-state index in [-0.39, 0.29) is 11.1 Å². The second kappa shape index (κ2) is 8.74. The average Bonchev–Trinajstić information content (AvgIpc) is 3.25. The highest BCUT2D eigenvalue weighted by Gasteiger charge is 2.42. The van der Waals surface area contributed by atoms with Crippen molar-refractivity contribution in [3.8, 4) is 5.69 Å². The molecule has 2 aromatic carbocycles. The van der Waals surface area contributed by atoms with Crippen molar-refractivity contribution < 1.29 is 28.8 Å². The number of carbonyl (C=O) groups excluding carboxylic acids is 4. The minimum Gasteiger partial charge on any atom is -0.456 e. The van der Waals surface area contributed by atoms with Gasteiger partial charge in [-0.15, -0.1) is 0 Å². The molecule has 4 rings (SSSR count). The quantitative estimate of drug-likeness (QED) is 0.174. The Morgan fingerprint density at radius 3 is 2.38 bits per heavy atom. The molecule has 0 radical (unpaired) electrons. The van der Waals surface area contributed by atoms with Gasteiger partial charge in [-0.25, -0.2) is 0 Å². The van der Waals surface area contributed by atoms with E-state index in [1.165, 1.54) is 12.1 Å². The first kappa shape index (κ1) is 22.6. The second-order valence-electron chi connectivity index (χ2n) is 7.69. The van der Waals surface area contributed by atoms with Crippen LogP contribution >= 0.6 is 0 Å². The van der Waals surface area contributed by atoms with Crippen molar-refractivity contribution in [3.05, 3.63) is 92.8 Å². The molecule has 0 atom stereocenters. The van der Waals surface area contributed by atoms with Gasteiger partial charge in [-0.2, -0.15) is 0 Å². The molecule has 1 aliphatic heterocycles. The fourth-order valence-corrected chi connectivity index (χ4v) is 4.03. The number of carbonyl (C=O) groups is 4. The van der Waals surface area contributed by atoms with E-state index >= 15 is 0 Å². The molecule has 10 nitrogen and oxygen atoms in total. The van der Waals surface area contributed by atoms with E-state index in [4.69, 9.17) is 4.74 Å². The van der Waals surface area contributed by atoms with Crippen LogP contribution in [0.5, 0.6) is 0 Å². The molecule has 0 aliphatic carbocycles. The van der Waals surface area contributed by atoms with Crippen LogP contribution in [0.2, 0.25) is 0 Å². The van der Waals surface area contributed by atoms with Gasteiger partial charge in [0, 0.05) is 28.7 Å². The smallest absolute Gasteiger partial charge is 0.326 e. The lowest BCUT2D eigenvalue weighted by Gasteiger charge is -2.13. The lowest BCUT2D eigenvalue weighted by molar-refractivity contribution is -0.385. The van der Waals surface area contributed by atoms with Crippen molar-refractivity contribution in [2.75, 3.05) is 13.2 Å². The first-order valence-electron chi connectivity index (χ1n) is 10.3. The van der Waals surface area contributed by atoms with Gasteiger partial charge in [0.25, 0.3) is 17.5 Å². The lowest BCUT2D eigenvalue weighted by atomic mass is 10.1. The maximum absolute atomic E-state index is 12.7. The third-order valence-electron chi connectivity index (χ3n) is 5.57. The zero-order valence-electron chi connectivity index (χ0n) is 18.3. The number of fused-ring (bicyclic) bond motifs is 1. The molecule has 2 amide bonds. The molecule has 0 unspecified atom stereocenters. The Morgan fingerprint density at radius 1 is 1.00 bits per heavy atom. The number of amides is 2. The molecule has 3 aromatic rings. The van der Waals surface area contributed by atoms with Gasteiger partial charge in [-0.05, 0) is 38.1 Å². The molecule has 34 heavy (non-hydrogen) atoms. The largest absolute Gasteiger partial charge is 0.456 e. The summed E-state index contributed by atoms with van der Waals surface area (Å²) in [4.78, 5) is 61.1. The third kappa shape index (κ3) is 3.85. The van der Waals surface area contributed by atoms with Crippen molar-refractivity contribution in [1.82, 2.24) is 9.47 Å². The zero-order valence-corrected chi connectivity index (χ0v) is 18.3. The Morgan fingerprint density at radius 2 is 1.71 bits per heavy atom. The molecule has 1 aliphatic rings. The van der Waals surface area contributed by atoms with Gasteiger partial charge < -0.3 is 9.30 Å². The van der Waals surface area contributed by atoms with Gasteiger partial charge >= 0.3 is 5.97 Å². The van der Waals surface area contributed by atoms with E-state index in [9.17, 15) is 29.3 Å². The second-order valence-corrected chi connectivity index (χ2v) is 7.69. The molecule has 1 aromatic heterocycles. The summed E-state index contributed by atoms with van der Waals surface area (Å²) in [5.41, 5.74) is 1.73. The number of nitrogens with zero attached hydrogens (tertiary/aromatic N) is 3. The normalized spacial score (nSPS) is 12.6. The number of nitro benzene ring substituents is 1. The highest BCUT2D eigenvalue weighted by atomic mass is 16.6. The number of hydrogen-bond acceptors (Lipinski definition) is 7. The van der Waals surface area contributed by atoms with Crippen LogP contribution in [0.1, 0.15) is 42.5 Å². The maximum Gasteiger partial charge on any atom is 0.326 e. The molecule has 0 bridgehead atoms. The van der Waals surface area contributed by atoms with Crippen LogP contribution in [0.25, 0.3) is 5.69 Å². The van der Waals surface area contributed by atoms with Crippen molar-refractivity contribution in [3.63, 3.8) is 0 Å². The van der Waals surface area contributed by atoms with Gasteiger partial charge in [0.1, 0.15) is 12.1 Å². The lowest BCUT2D eigenvalue weighted by Crippen LogP contribution is -2.36. The van der Waals surface area contributed by atoms with Crippen LogP contribution < -0.4 is 0 Å². The maximum atomic E-state index is 12.7. The number of esters is 1. The fourth-order valence-electron chi connectivity index (χ4n) is 4.03. The van der Waals surface area contributed by atoms with Crippen LogP contribution in [-0.2, 0) is 9.53 Å². The Labute approximate surface area is 193 Å². The number of ketones is 1. The summed E-state index contributed by atoms with van der Waals surface area (Å²) < 4.78 is 6.93. The van der Waals surface area contributed by atoms with Gasteiger partial charge in [0.05, 0.1) is 10.5 Å². The summed E-state index contributed by atoms with van der Waals surface area (Å²) in [6, 6.07) is 14.8. The summed E-state index contributed by atoms with van der Waals surface area (Å²) in [5.74, 6) is -3.22. The predicted molar refractivity (Wildman–Crippen MR) is 119 cm³/mol. The van der Waals surface area contributed by atoms with Gasteiger partial charge in [-0.1, -0.05) is 24.3 Å². The number of rotatable bonds is 7. The summed E-state index contributed by atoms with van der Waals surface area (Å²) in [5, 5.41) is 11.2. The van der Waals surface area contributed by atoms with Crippen LogP contribution in [0.3, 0.4) is 0 Å². The van der Waals surface area contributed by atoms with E-state index in [1.807, 2.05) is 41.8 Å². The van der Waals surface area contributed by atoms with Gasteiger partial charge in [-0.3, -0.25) is 34.2 Å². The number of aryl methyl sites for hydroxylation is 1. The van der Waals surface area contributed by atoms with E-state index in [2.05, 4.69) is 0 Å². The van der Waals surface area contributed by atoms with Crippen LogP contribution in [0.4, 0.5) is 5.69 Å². The Kier molecular flexibility index (Phi) is 5.80. The molecule has 10 heteroatoms. The summed E-state index contributed by atoms with van der Waals surface area (Å²) in [6.45, 7) is 2.28. The molecule has 0 saturated heterocycles. The van der Waals surface area contributed by atoms with Gasteiger partial charge in [0.2, 0.25) is 5.78 Å². The summed E-state index contributed by atoms with van der Waals surface area (Å²) >= 11 is 0. The predicted octanol–water partition coefficient (Wildman–Crippen LogP) is 3.02. The molecule has 0 spiro atoms. The van der Waals surface area contributed by atoms with E-state index in [0.717, 1.165) is 17.4 Å². The molecule has 0 fully saturated rings. The van der Waals surface area contributed by atoms with Crippen molar-refractivity contribution >= 4 is 29.3 Å². The van der Waals surface area contributed by atoms with Crippen LogP contribution in [0.15, 0.2) is 54.6 Å². The number of hydrogen-bond donors (Lipinski definition) is 0. The van der Waals surface area contributed by atoms with E-state index in [0.29, 0.717) is 16.2 Å². The number of para-hydroxylation sites is 1. The van der Waals surface area contributed by atoms with Crippen LogP contribution in [-0.4, -0.2) is 51.1 Å². The van der Waals surface area contributed by atoms with E-state index < -0.39 is 47.3 Å². The van der Waals surface area contributed by atoms with Crippen molar-refractivity contribution in [1.29, 1.82) is 0 Å². The minimum atomic E-state index is -0.984. The Balaban J connectivity index is 1.44. The number of aromatic nitrogens is 1. The monoisotopic (exact) mass is 461 g/mol. The Hall–Kier alpha value is -4.60. The Bertz CT molecular complexity index is 1360. The molecule has 0 saturated carbocycles. The topological polar surface area (TPSA) is 129 Å². The molecule has 2 heterocycles. The van der Waals surface area contributed by atoms with Crippen molar-refractivity contribution in [2.45, 2.75) is 13.8 Å². The average molecular weight is 461 g/mol. The minimum absolute atomic E-state index is 0.156. The highest BCUT2D eigenvalue weighted by Crippen LogP contribution is 2.30. The van der Waals surface area contributed by atoms with Crippen molar-refractivity contribution in [2.24, 2.45) is 0 Å². The SMILES string of the molecule is Cc1cc(C(=O)COC(=O)CN2C(=O)c3cccc([N+](=O)[O-])c3C2=O)c(C)n1-c1ccccc1. The first-order chi connectivity index (χ1) is 16.2. The summed E-state index contributed by atoms with van der Waals surface area (Å²) in [6.07, 6.45) is 0. The third-order valence-corrected chi connectivity index (χ3v) is 5.57. The highest BCUT2D eigenvalue weighted by molar-refractivity contribution is 6.24. The summed E-state index contributed by atoms with van der Waals surface area (Å²) in [7, 11) is 0. The number of Topliss-reactive ketones (excluding diaryl/α,β-unsaturated/α-hetero) is 1. The number of nitro groups is 1. The standard InChI is InChI=1S/C24H19N3O7/c1-14-11-18(15(2)26(14)16-7-4-3-5-8-16)20(28)13-34-21(29)12-25-23(30)17-9-6-10-19(27(32)33)22(17)24(25)31/h3-11H,12-13H2,1-2H3. The first-order valence-corrected chi connectivity index (χ1v) is 10.3. The van der Waals surface area contributed by atoms with Crippen LogP contribution in [0, 0.1) is 24.0 Å². The number of ether oxygens (including phenoxy) is 1. The van der Waals surface area contributed by atoms with E-state index in [1.54, 1.807) is 13.0 Å². The van der Waals surface area contributed by atoms with Gasteiger partial charge in [0.15, 0.2) is 6.61 Å². The number of benzene rings is 2.